The number of sulfonamides is 1. The first-order chi connectivity index (χ1) is 12.4. The molecule has 1 aliphatic rings. The zero-order valence-corrected chi connectivity index (χ0v) is 16.0. The molecule has 2 aromatic carbocycles. The van der Waals surface area contributed by atoms with Gasteiger partial charge in [0.15, 0.2) is 0 Å². The summed E-state index contributed by atoms with van der Waals surface area (Å²) in [5.41, 5.74) is 0.970. The number of amides is 2. The quantitative estimate of drug-likeness (QED) is 0.762. The third-order valence-corrected chi connectivity index (χ3v) is 6.25. The minimum absolute atomic E-state index is 0.0485. The Morgan fingerprint density at radius 3 is 2.35 bits per heavy atom. The highest BCUT2D eigenvalue weighted by atomic mass is 79.9. The van der Waals surface area contributed by atoms with E-state index < -0.39 is 10.0 Å². The first-order valence-electron chi connectivity index (χ1n) is 7.80. The monoisotopic (exact) mass is 437 g/mol. The van der Waals surface area contributed by atoms with Gasteiger partial charge in [-0.1, -0.05) is 15.9 Å². The van der Waals surface area contributed by atoms with Crippen LogP contribution in [-0.2, 0) is 14.8 Å². The molecule has 0 atom stereocenters. The maximum Gasteiger partial charge on any atom is 0.255 e. The Bertz CT molecular complexity index is 927. The van der Waals surface area contributed by atoms with E-state index in [9.17, 15) is 18.0 Å². The van der Waals surface area contributed by atoms with Gasteiger partial charge in [0, 0.05) is 28.8 Å². The van der Waals surface area contributed by atoms with Crippen LogP contribution in [0.5, 0.6) is 0 Å². The standard InChI is InChI=1S/C17H16BrN3O4S/c18-13-3-5-14(6-4-13)20-17(23)12-1-7-15(8-2-12)26(24,25)21-10-9-19-16(22)11-21/h1-8H,9-11H2,(H,19,22)(H,20,23). The second kappa shape index (κ2) is 7.56. The predicted molar refractivity (Wildman–Crippen MR) is 100 cm³/mol. The van der Waals surface area contributed by atoms with Gasteiger partial charge < -0.3 is 10.6 Å². The first kappa shape index (κ1) is 18.6. The third kappa shape index (κ3) is 4.12. The van der Waals surface area contributed by atoms with Crippen molar-refractivity contribution in [1.29, 1.82) is 0 Å². The number of rotatable bonds is 4. The Morgan fingerprint density at radius 2 is 1.73 bits per heavy atom. The molecule has 0 bridgehead atoms. The van der Waals surface area contributed by atoms with Crippen molar-refractivity contribution in [1.82, 2.24) is 9.62 Å². The van der Waals surface area contributed by atoms with Crippen LogP contribution in [0.25, 0.3) is 0 Å². The number of hydrogen-bond acceptors (Lipinski definition) is 4. The molecule has 2 amide bonds. The molecule has 0 aliphatic carbocycles. The third-order valence-electron chi connectivity index (χ3n) is 3.86. The van der Waals surface area contributed by atoms with E-state index in [1.807, 2.05) is 0 Å². The fourth-order valence-electron chi connectivity index (χ4n) is 2.48. The smallest absolute Gasteiger partial charge is 0.255 e. The van der Waals surface area contributed by atoms with Crippen LogP contribution >= 0.6 is 15.9 Å². The number of nitrogens with one attached hydrogen (secondary N) is 2. The summed E-state index contributed by atoms with van der Waals surface area (Å²) >= 11 is 3.32. The fraction of sp³-hybridized carbons (Fsp3) is 0.176. The van der Waals surface area contributed by atoms with Crippen molar-refractivity contribution < 1.29 is 18.0 Å². The molecule has 0 saturated carbocycles. The lowest BCUT2D eigenvalue weighted by Gasteiger charge is -2.25. The van der Waals surface area contributed by atoms with Gasteiger partial charge in [-0.2, -0.15) is 4.31 Å². The molecule has 1 fully saturated rings. The van der Waals surface area contributed by atoms with E-state index in [4.69, 9.17) is 0 Å². The van der Waals surface area contributed by atoms with Gasteiger partial charge in [0.2, 0.25) is 15.9 Å². The lowest BCUT2D eigenvalue weighted by molar-refractivity contribution is -0.122. The summed E-state index contributed by atoms with van der Waals surface area (Å²) in [7, 11) is -3.77. The Balaban J connectivity index is 1.74. The number of nitrogens with zero attached hydrogens (tertiary/aromatic N) is 1. The van der Waals surface area contributed by atoms with Crippen LogP contribution in [0.4, 0.5) is 5.69 Å². The summed E-state index contributed by atoms with van der Waals surface area (Å²) in [6.45, 7) is 0.305. The molecule has 0 radical (unpaired) electrons. The van der Waals surface area contributed by atoms with E-state index >= 15 is 0 Å². The molecular formula is C17H16BrN3O4S. The number of piperazine rings is 1. The number of anilines is 1. The van der Waals surface area contributed by atoms with Crippen molar-refractivity contribution in [3.8, 4) is 0 Å². The highest BCUT2D eigenvalue weighted by Gasteiger charge is 2.29. The summed E-state index contributed by atoms with van der Waals surface area (Å²) in [6.07, 6.45) is 0. The minimum atomic E-state index is -3.77. The van der Waals surface area contributed by atoms with Crippen LogP contribution in [-0.4, -0.2) is 44.2 Å². The topological polar surface area (TPSA) is 95.6 Å². The molecule has 3 rings (SSSR count). The maximum atomic E-state index is 12.6. The van der Waals surface area contributed by atoms with Gasteiger partial charge in [-0.15, -0.1) is 0 Å². The normalized spacial score (nSPS) is 15.3. The number of benzene rings is 2. The van der Waals surface area contributed by atoms with Crippen LogP contribution in [0.1, 0.15) is 10.4 Å². The van der Waals surface area contributed by atoms with E-state index in [1.54, 1.807) is 24.3 Å². The summed E-state index contributed by atoms with van der Waals surface area (Å²) < 4.78 is 27.2. The van der Waals surface area contributed by atoms with Crippen LogP contribution < -0.4 is 10.6 Å². The summed E-state index contributed by atoms with van der Waals surface area (Å²) in [6, 6.07) is 12.8. The van der Waals surface area contributed by atoms with Crippen LogP contribution in [0.2, 0.25) is 0 Å². The average Bonchev–Trinajstić information content (AvgIpc) is 2.64. The minimum Gasteiger partial charge on any atom is -0.354 e. The van der Waals surface area contributed by atoms with Crippen LogP contribution in [0, 0.1) is 0 Å². The Morgan fingerprint density at radius 1 is 1.08 bits per heavy atom. The van der Waals surface area contributed by atoms with Crippen LogP contribution in [0.3, 0.4) is 0 Å². The molecule has 7 nitrogen and oxygen atoms in total. The largest absolute Gasteiger partial charge is 0.354 e. The zero-order valence-electron chi connectivity index (χ0n) is 13.6. The Labute approximate surface area is 159 Å². The van der Waals surface area contributed by atoms with Gasteiger partial charge in [0.05, 0.1) is 11.4 Å². The van der Waals surface area contributed by atoms with Gasteiger partial charge in [-0.25, -0.2) is 8.42 Å². The molecular weight excluding hydrogens is 422 g/mol. The zero-order chi connectivity index (χ0) is 18.7. The number of carbonyl (C=O) groups is 2. The average molecular weight is 438 g/mol. The van der Waals surface area contributed by atoms with Gasteiger partial charge in [-0.05, 0) is 48.5 Å². The predicted octanol–water partition coefficient (Wildman–Crippen LogP) is 1.82. The van der Waals surface area contributed by atoms with Crippen molar-refractivity contribution in [3.05, 3.63) is 58.6 Å². The molecule has 0 spiro atoms. The first-order valence-corrected chi connectivity index (χ1v) is 10.0. The van der Waals surface area contributed by atoms with E-state index in [2.05, 4.69) is 26.6 Å². The number of halogens is 1. The SMILES string of the molecule is O=C1CN(S(=O)(=O)c2ccc(C(=O)Nc3ccc(Br)cc3)cc2)CCN1. The highest BCUT2D eigenvalue weighted by molar-refractivity contribution is 9.10. The van der Waals surface area contributed by atoms with Crippen LogP contribution in [0.15, 0.2) is 57.9 Å². The molecule has 1 heterocycles. The molecule has 136 valence electrons. The summed E-state index contributed by atoms with van der Waals surface area (Å²) in [5, 5.41) is 5.33. The summed E-state index contributed by atoms with van der Waals surface area (Å²) in [5.74, 6) is -0.668. The van der Waals surface area contributed by atoms with Crippen molar-refractivity contribution in [2.45, 2.75) is 4.90 Å². The van der Waals surface area contributed by atoms with E-state index in [0.29, 0.717) is 11.3 Å². The molecule has 1 saturated heterocycles. The second-order valence-electron chi connectivity index (χ2n) is 5.67. The van der Waals surface area contributed by atoms with Gasteiger partial charge in [-0.3, -0.25) is 9.59 Å². The van der Waals surface area contributed by atoms with Gasteiger partial charge in [0.1, 0.15) is 0 Å². The molecule has 2 aromatic rings. The number of hydrogen-bond donors (Lipinski definition) is 2. The van der Waals surface area contributed by atoms with Gasteiger partial charge >= 0.3 is 0 Å². The number of carbonyl (C=O) groups excluding carboxylic acids is 2. The molecule has 9 heteroatoms. The molecule has 0 aromatic heterocycles. The van der Waals surface area contributed by atoms with Crippen molar-refractivity contribution >= 4 is 43.5 Å². The van der Waals surface area contributed by atoms with Gasteiger partial charge in [0.25, 0.3) is 5.91 Å². The van der Waals surface area contributed by atoms with Crippen molar-refractivity contribution in [3.63, 3.8) is 0 Å². The molecule has 26 heavy (non-hydrogen) atoms. The lowest BCUT2D eigenvalue weighted by atomic mass is 10.2. The molecule has 0 unspecified atom stereocenters. The second-order valence-corrected chi connectivity index (χ2v) is 8.53. The van der Waals surface area contributed by atoms with E-state index in [-0.39, 0.29) is 36.3 Å². The Hall–Kier alpha value is -2.23. The van der Waals surface area contributed by atoms with E-state index in [1.165, 1.54) is 24.3 Å². The molecule has 2 N–H and O–H groups in total. The van der Waals surface area contributed by atoms with Crippen molar-refractivity contribution in [2.75, 3.05) is 25.0 Å². The summed E-state index contributed by atoms with van der Waals surface area (Å²) in [4.78, 5) is 23.7. The lowest BCUT2D eigenvalue weighted by Crippen LogP contribution is -2.49. The van der Waals surface area contributed by atoms with E-state index in [0.717, 1.165) is 8.78 Å². The molecule has 1 aliphatic heterocycles. The highest BCUT2D eigenvalue weighted by Crippen LogP contribution is 2.19. The maximum absolute atomic E-state index is 12.6. The van der Waals surface area contributed by atoms with Crippen molar-refractivity contribution in [2.24, 2.45) is 0 Å². The fourth-order valence-corrected chi connectivity index (χ4v) is 4.15. The Kier molecular flexibility index (Phi) is 5.40.